The molecular weight excluding hydrogens is 639 g/mol. The van der Waals surface area contributed by atoms with E-state index in [-0.39, 0.29) is 19.4 Å². The molecule has 8 nitrogen and oxygen atoms in total. The van der Waals surface area contributed by atoms with Gasteiger partial charge in [0.1, 0.15) is 6.61 Å². The van der Waals surface area contributed by atoms with Crippen LogP contribution in [0.5, 0.6) is 0 Å². The Morgan fingerprint density at radius 1 is 0.592 bits per heavy atom. The van der Waals surface area contributed by atoms with Gasteiger partial charge in [-0.1, -0.05) is 126 Å². The Kier molecular flexibility index (Phi) is 33.9. The van der Waals surface area contributed by atoms with Gasteiger partial charge in [-0.15, -0.1) is 0 Å². The zero-order valence-electron chi connectivity index (χ0n) is 31.1. The molecule has 0 aliphatic heterocycles. The minimum Gasteiger partial charge on any atom is -0.462 e. The lowest BCUT2D eigenvalue weighted by atomic mass is 10.1. The van der Waals surface area contributed by atoms with E-state index in [1.54, 1.807) is 0 Å². The summed E-state index contributed by atoms with van der Waals surface area (Å²) in [5.41, 5.74) is 0. The summed E-state index contributed by atoms with van der Waals surface area (Å²) in [7, 11) is -3.22. The Bertz CT molecular complexity index is 985. The van der Waals surface area contributed by atoms with Gasteiger partial charge in [-0.2, -0.15) is 0 Å². The van der Waals surface area contributed by atoms with Crippen LogP contribution in [0.2, 0.25) is 0 Å². The standard InChI is InChI=1S/C40H69O8P/c1-4-6-8-10-12-14-16-18-20-22-24-26-28-30-32-34-39(41)46-36-38(37-47-49(43,44)45-3)48-40(42)35-33-31-29-27-25-23-21-19-17-15-13-11-9-7-5-2/h7,9,12-15,18-21,38H,4-6,8,10-11,16-17,22-37H2,1-3H3,(H,43,44)/b9-7-,14-12-,15-13-,20-18-,21-19-. The van der Waals surface area contributed by atoms with Crippen LogP contribution in [0.25, 0.3) is 0 Å². The van der Waals surface area contributed by atoms with Gasteiger partial charge < -0.3 is 14.4 Å². The van der Waals surface area contributed by atoms with Crippen molar-refractivity contribution in [3.05, 3.63) is 60.8 Å². The van der Waals surface area contributed by atoms with Gasteiger partial charge >= 0.3 is 19.8 Å². The molecular formula is C40H69O8P. The van der Waals surface area contributed by atoms with Crippen LogP contribution in [0.1, 0.15) is 155 Å². The molecule has 0 spiro atoms. The molecule has 0 bridgehead atoms. The maximum atomic E-state index is 12.4. The quantitative estimate of drug-likeness (QED) is 0.0304. The van der Waals surface area contributed by atoms with Gasteiger partial charge in [0, 0.05) is 20.0 Å². The Morgan fingerprint density at radius 2 is 1.04 bits per heavy atom. The van der Waals surface area contributed by atoms with Crippen LogP contribution in [0, 0.1) is 0 Å². The Balaban J connectivity index is 4.13. The zero-order valence-corrected chi connectivity index (χ0v) is 32.0. The molecule has 0 aromatic carbocycles. The van der Waals surface area contributed by atoms with Crippen LogP contribution in [0.4, 0.5) is 0 Å². The topological polar surface area (TPSA) is 108 Å². The fourth-order valence-corrected chi connectivity index (χ4v) is 5.28. The van der Waals surface area contributed by atoms with Crippen LogP contribution in [-0.2, 0) is 32.7 Å². The lowest BCUT2D eigenvalue weighted by Crippen LogP contribution is -2.29. The number of carbonyl (C=O) groups is 2. The molecule has 282 valence electrons. The number of rotatable bonds is 34. The summed E-state index contributed by atoms with van der Waals surface area (Å²) in [6, 6.07) is 0. The molecule has 0 aliphatic rings. The van der Waals surface area contributed by atoms with Crippen LogP contribution in [0.15, 0.2) is 60.8 Å². The SMILES string of the molecule is CC/C=C\C/C=C\C/C=C\CCCCCCCC(=O)OC(COC(=O)CCCCCCC/C=C\C/C=C\CCCCC)COP(=O)(O)OC. The highest BCUT2D eigenvalue weighted by Crippen LogP contribution is 2.42. The summed E-state index contributed by atoms with van der Waals surface area (Å²) in [4.78, 5) is 34.3. The summed E-state index contributed by atoms with van der Waals surface area (Å²) < 4.78 is 31.8. The van der Waals surface area contributed by atoms with Gasteiger partial charge in [-0.3, -0.25) is 18.6 Å². The summed E-state index contributed by atoms with van der Waals surface area (Å²) in [5, 5.41) is 0. The Hall–Kier alpha value is -2.25. The zero-order chi connectivity index (χ0) is 36.1. The maximum Gasteiger partial charge on any atom is 0.472 e. The van der Waals surface area contributed by atoms with Crippen molar-refractivity contribution in [3.63, 3.8) is 0 Å². The summed E-state index contributed by atoms with van der Waals surface area (Å²) >= 11 is 0. The highest BCUT2D eigenvalue weighted by atomic mass is 31.2. The largest absolute Gasteiger partial charge is 0.472 e. The third kappa shape index (κ3) is 35.4. The van der Waals surface area contributed by atoms with Crippen molar-refractivity contribution in [2.45, 2.75) is 161 Å². The number of esters is 2. The van der Waals surface area contributed by atoms with Gasteiger partial charge in [-0.25, -0.2) is 4.57 Å². The van der Waals surface area contributed by atoms with E-state index in [1.807, 2.05) is 0 Å². The molecule has 0 fully saturated rings. The van der Waals surface area contributed by atoms with E-state index in [9.17, 15) is 19.0 Å². The second kappa shape index (κ2) is 35.6. The van der Waals surface area contributed by atoms with Gasteiger partial charge in [0.05, 0.1) is 6.61 Å². The van der Waals surface area contributed by atoms with Gasteiger partial charge in [0.15, 0.2) is 6.10 Å². The number of unbranched alkanes of at least 4 members (excludes halogenated alkanes) is 13. The van der Waals surface area contributed by atoms with Crippen molar-refractivity contribution < 1.29 is 37.6 Å². The molecule has 0 aliphatic carbocycles. The Labute approximate surface area is 299 Å². The molecule has 0 aromatic heterocycles. The first kappa shape index (κ1) is 46.8. The van der Waals surface area contributed by atoms with Crippen LogP contribution < -0.4 is 0 Å². The predicted molar refractivity (Wildman–Crippen MR) is 202 cm³/mol. The molecule has 0 amide bonds. The lowest BCUT2D eigenvalue weighted by Gasteiger charge is -2.19. The molecule has 0 saturated heterocycles. The molecule has 0 heterocycles. The number of carbonyl (C=O) groups excluding carboxylic acids is 2. The van der Waals surface area contributed by atoms with Crippen LogP contribution >= 0.6 is 7.82 Å². The first-order valence-electron chi connectivity index (χ1n) is 19.0. The monoisotopic (exact) mass is 708 g/mol. The number of phosphoric acid groups is 1. The molecule has 0 saturated carbocycles. The number of allylic oxidation sites excluding steroid dienone is 10. The lowest BCUT2D eigenvalue weighted by molar-refractivity contribution is -0.161. The molecule has 2 unspecified atom stereocenters. The fraction of sp³-hybridized carbons (Fsp3) is 0.700. The van der Waals surface area contributed by atoms with Crippen LogP contribution in [0.3, 0.4) is 0 Å². The highest BCUT2D eigenvalue weighted by Gasteiger charge is 2.24. The second-order valence-electron chi connectivity index (χ2n) is 12.3. The number of ether oxygens (including phenoxy) is 2. The Morgan fingerprint density at radius 3 is 1.55 bits per heavy atom. The number of hydrogen-bond donors (Lipinski definition) is 1. The van der Waals surface area contributed by atoms with Crippen molar-refractivity contribution in [1.29, 1.82) is 0 Å². The van der Waals surface area contributed by atoms with Gasteiger partial charge in [0.25, 0.3) is 0 Å². The average Bonchev–Trinajstić information content (AvgIpc) is 3.09. The van der Waals surface area contributed by atoms with Crippen molar-refractivity contribution in [2.24, 2.45) is 0 Å². The summed E-state index contributed by atoms with van der Waals surface area (Å²) in [5.74, 6) is -0.846. The molecule has 2 atom stereocenters. The molecule has 49 heavy (non-hydrogen) atoms. The van der Waals surface area contributed by atoms with E-state index >= 15 is 0 Å². The number of phosphoric ester groups is 1. The van der Waals surface area contributed by atoms with Gasteiger partial charge in [0.2, 0.25) is 0 Å². The van der Waals surface area contributed by atoms with Crippen molar-refractivity contribution in [2.75, 3.05) is 20.3 Å². The predicted octanol–water partition coefficient (Wildman–Crippen LogP) is 11.6. The van der Waals surface area contributed by atoms with E-state index in [4.69, 9.17) is 14.0 Å². The van der Waals surface area contributed by atoms with E-state index in [1.165, 1.54) is 25.7 Å². The van der Waals surface area contributed by atoms with Crippen molar-refractivity contribution in [1.82, 2.24) is 0 Å². The normalized spacial score (nSPS) is 14.1. The summed E-state index contributed by atoms with van der Waals surface area (Å²) in [6.45, 7) is 3.70. The molecule has 1 N–H and O–H groups in total. The third-order valence-electron chi connectivity index (χ3n) is 7.75. The molecule has 0 radical (unpaired) electrons. The minimum absolute atomic E-state index is 0.219. The highest BCUT2D eigenvalue weighted by molar-refractivity contribution is 7.47. The maximum absolute atomic E-state index is 12.4. The average molecular weight is 709 g/mol. The van der Waals surface area contributed by atoms with E-state index < -0.39 is 32.5 Å². The van der Waals surface area contributed by atoms with E-state index in [0.29, 0.717) is 6.42 Å². The second-order valence-corrected chi connectivity index (χ2v) is 13.9. The van der Waals surface area contributed by atoms with Crippen molar-refractivity contribution in [3.8, 4) is 0 Å². The molecule has 0 aromatic rings. The van der Waals surface area contributed by atoms with E-state index in [0.717, 1.165) is 103 Å². The smallest absolute Gasteiger partial charge is 0.462 e. The first-order valence-corrected chi connectivity index (χ1v) is 20.5. The number of hydrogen-bond acceptors (Lipinski definition) is 7. The molecule has 0 rings (SSSR count). The van der Waals surface area contributed by atoms with Crippen molar-refractivity contribution >= 4 is 19.8 Å². The summed E-state index contributed by atoms with van der Waals surface area (Å²) in [6.07, 6.45) is 42.7. The first-order chi connectivity index (χ1) is 23.8. The van der Waals surface area contributed by atoms with Crippen LogP contribution in [-0.4, -0.2) is 43.3 Å². The molecule has 9 heteroatoms. The van der Waals surface area contributed by atoms with E-state index in [2.05, 4.69) is 79.1 Å². The van der Waals surface area contributed by atoms with Gasteiger partial charge in [-0.05, 0) is 77.0 Å². The minimum atomic E-state index is -4.27. The third-order valence-corrected chi connectivity index (χ3v) is 8.68. The fourth-order valence-electron chi connectivity index (χ4n) is 4.82.